The van der Waals surface area contributed by atoms with E-state index < -0.39 is 0 Å². The summed E-state index contributed by atoms with van der Waals surface area (Å²) in [6, 6.07) is 0.0941. The summed E-state index contributed by atoms with van der Waals surface area (Å²) in [4.78, 5) is 3.74. The summed E-state index contributed by atoms with van der Waals surface area (Å²) in [7, 11) is 0. The van der Waals surface area contributed by atoms with Crippen LogP contribution in [-0.4, -0.2) is 11.3 Å². The van der Waals surface area contributed by atoms with Crippen molar-refractivity contribution in [2.45, 2.75) is 13.0 Å². The van der Waals surface area contributed by atoms with Crippen molar-refractivity contribution < 1.29 is 0 Å². The molecule has 0 aromatic rings. The molecule has 0 amide bonds. The molecular weight excluding hydrogens is 159 g/mol. The van der Waals surface area contributed by atoms with Crippen LogP contribution >= 0.6 is 23.2 Å². The smallest absolute Gasteiger partial charge is 0.196 e. The molecule has 9 heavy (non-hydrogen) atoms. The Hall–Kier alpha value is -0.210. The van der Waals surface area contributed by atoms with Crippen LogP contribution in [0.1, 0.15) is 6.92 Å². The topological polar surface area (TPSA) is 24.4 Å². The zero-order valence-corrected chi connectivity index (χ0v) is 6.37. The molecule has 0 saturated heterocycles. The monoisotopic (exact) mass is 164 g/mol. The van der Waals surface area contributed by atoms with Gasteiger partial charge in [0, 0.05) is 6.20 Å². The van der Waals surface area contributed by atoms with Crippen LogP contribution in [0.15, 0.2) is 16.2 Å². The van der Waals surface area contributed by atoms with Gasteiger partial charge in [-0.25, -0.2) is 4.99 Å². The fourth-order valence-electron chi connectivity index (χ4n) is 0.515. The summed E-state index contributed by atoms with van der Waals surface area (Å²) in [6.07, 6.45) is 1.55. The van der Waals surface area contributed by atoms with E-state index >= 15 is 0 Å². The highest BCUT2D eigenvalue weighted by atomic mass is 35.5. The van der Waals surface area contributed by atoms with Gasteiger partial charge in [-0.2, -0.15) is 0 Å². The van der Waals surface area contributed by atoms with Crippen molar-refractivity contribution in [1.82, 2.24) is 5.32 Å². The average Bonchev–Trinajstić information content (AvgIpc) is 1.80. The Kier molecular flexibility index (Phi) is 1.98. The number of rotatable bonds is 0. The quantitative estimate of drug-likeness (QED) is 0.542. The standard InChI is InChI=1S/C5H6Cl2N2/c1-3-4(6)2-8-5(7)9-3/h2-3H,1H3,(H,8,9). The van der Waals surface area contributed by atoms with Gasteiger partial charge in [-0.1, -0.05) is 11.6 Å². The van der Waals surface area contributed by atoms with Crippen LogP contribution < -0.4 is 5.32 Å². The van der Waals surface area contributed by atoms with Crippen LogP contribution in [0.25, 0.3) is 0 Å². The molecule has 0 radical (unpaired) electrons. The molecule has 0 saturated carbocycles. The number of amidine groups is 1. The first-order valence-corrected chi connectivity index (χ1v) is 3.31. The molecule has 2 nitrogen and oxygen atoms in total. The zero-order chi connectivity index (χ0) is 6.85. The van der Waals surface area contributed by atoms with E-state index in [1.165, 1.54) is 0 Å². The molecular formula is C5H6Cl2N2. The fraction of sp³-hybridized carbons (Fsp3) is 0.400. The second kappa shape index (κ2) is 2.58. The predicted octanol–water partition coefficient (Wildman–Crippen LogP) is 1.65. The van der Waals surface area contributed by atoms with Gasteiger partial charge >= 0.3 is 0 Å². The molecule has 1 unspecified atom stereocenters. The lowest BCUT2D eigenvalue weighted by Crippen LogP contribution is -2.31. The molecule has 0 fully saturated rings. The molecule has 1 atom stereocenters. The normalized spacial score (nSPS) is 26.3. The highest BCUT2D eigenvalue weighted by molar-refractivity contribution is 6.65. The molecule has 0 spiro atoms. The van der Waals surface area contributed by atoms with Crippen LogP contribution in [0, 0.1) is 0 Å². The van der Waals surface area contributed by atoms with Crippen molar-refractivity contribution in [3.8, 4) is 0 Å². The van der Waals surface area contributed by atoms with Gasteiger partial charge in [-0.3, -0.25) is 0 Å². The number of nitrogens with zero attached hydrogens (tertiary/aromatic N) is 1. The summed E-state index contributed by atoms with van der Waals surface area (Å²) in [6.45, 7) is 1.91. The molecule has 0 aromatic carbocycles. The van der Waals surface area contributed by atoms with E-state index in [4.69, 9.17) is 23.2 Å². The van der Waals surface area contributed by atoms with Crippen molar-refractivity contribution in [3.05, 3.63) is 11.2 Å². The number of hydrogen-bond donors (Lipinski definition) is 1. The van der Waals surface area contributed by atoms with Gasteiger partial charge < -0.3 is 5.32 Å². The maximum absolute atomic E-state index is 5.67. The van der Waals surface area contributed by atoms with E-state index in [0.717, 1.165) is 0 Å². The largest absolute Gasteiger partial charge is 0.353 e. The molecule has 1 N–H and O–H groups in total. The van der Waals surface area contributed by atoms with Gasteiger partial charge in [0.2, 0.25) is 0 Å². The van der Waals surface area contributed by atoms with Crippen molar-refractivity contribution >= 4 is 28.5 Å². The van der Waals surface area contributed by atoms with Gasteiger partial charge in [0.05, 0.1) is 11.1 Å². The Morgan fingerprint density at radius 2 is 2.33 bits per heavy atom. The minimum Gasteiger partial charge on any atom is -0.353 e. The first-order valence-electron chi connectivity index (χ1n) is 2.55. The van der Waals surface area contributed by atoms with E-state index in [-0.39, 0.29) is 6.04 Å². The Morgan fingerprint density at radius 3 is 2.78 bits per heavy atom. The maximum Gasteiger partial charge on any atom is 0.196 e. The second-order valence-corrected chi connectivity index (χ2v) is 2.59. The number of nitrogens with one attached hydrogen (secondary N) is 1. The molecule has 50 valence electrons. The van der Waals surface area contributed by atoms with Gasteiger partial charge in [-0.15, -0.1) is 0 Å². The lowest BCUT2D eigenvalue weighted by molar-refractivity contribution is 0.785. The summed E-state index contributed by atoms with van der Waals surface area (Å²) < 4.78 is 0. The van der Waals surface area contributed by atoms with Crippen LogP contribution in [0.5, 0.6) is 0 Å². The molecule has 1 heterocycles. The summed E-state index contributed by atoms with van der Waals surface area (Å²) in [5.74, 6) is 0. The number of hydrogen-bond acceptors (Lipinski definition) is 2. The van der Waals surface area contributed by atoms with E-state index in [2.05, 4.69) is 10.3 Å². The van der Waals surface area contributed by atoms with E-state index in [1.54, 1.807) is 6.20 Å². The lowest BCUT2D eigenvalue weighted by Gasteiger charge is -2.14. The molecule has 4 heteroatoms. The molecule has 1 rings (SSSR count). The SMILES string of the molecule is CC1NC(Cl)=NC=C1Cl. The van der Waals surface area contributed by atoms with Crippen LogP contribution in [-0.2, 0) is 0 Å². The lowest BCUT2D eigenvalue weighted by atomic mass is 10.3. The molecule has 0 aliphatic carbocycles. The van der Waals surface area contributed by atoms with Gasteiger partial charge in [0.15, 0.2) is 5.29 Å². The molecule has 1 aliphatic rings. The Morgan fingerprint density at radius 1 is 1.67 bits per heavy atom. The van der Waals surface area contributed by atoms with E-state index in [1.807, 2.05) is 6.92 Å². The highest BCUT2D eigenvalue weighted by Crippen LogP contribution is 2.11. The Bertz CT molecular complexity index is 174. The molecule has 0 bridgehead atoms. The van der Waals surface area contributed by atoms with Gasteiger partial charge in [0.25, 0.3) is 0 Å². The van der Waals surface area contributed by atoms with E-state index in [0.29, 0.717) is 10.3 Å². The second-order valence-electron chi connectivity index (χ2n) is 1.80. The highest BCUT2D eigenvalue weighted by Gasteiger charge is 2.10. The minimum atomic E-state index is 0.0941. The van der Waals surface area contributed by atoms with Gasteiger partial charge in [-0.05, 0) is 18.5 Å². The third-order valence-corrected chi connectivity index (χ3v) is 1.68. The third-order valence-electron chi connectivity index (χ3n) is 1.05. The predicted molar refractivity (Wildman–Crippen MR) is 39.8 cm³/mol. The van der Waals surface area contributed by atoms with Crippen molar-refractivity contribution in [1.29, 1.82) is 0 Å². The van der Waals surface area contributed by atoms with Crippen molar-refractivity contribution in [2.75, 3.05) is 0 Å². The van der Waals surface area contributed by atoms with E-state index in [9.17, 15) is 0 Å². The summed E-state index contributed by atoms with van der Waals surface area (Å²) >= 11 is 11.2. The molecule has 1 aliphatic heterocycles. The summed E-state index contributed by atoms with van der Waals surface area (Å²) in [5.41, 5.74) is 0. The van der Waals surface area contributed by atoms with Crippen LogP contribution in [0.2, 0.25) is 0 Å². The first-order chi connectivity index (χ1) is 4.20. The van der Waals surface area contributed by atoms with Crippen molar-refractivity contribution in [2.24, 2.45) is 4.99 Å². The number of aliphatic imine (C=N–C) groups is 1. The Labute approximate surface area is 63.6 Å². The Balaban J connectivity index is 2.74. The zero-order valence-electron chi connectivity index (χ0n) is 4.86. The third kappa shape index (κ3) is 1.60. The number of halogens is 2. The van der Waals surface area contributed by atoms with Crippen LogP contribution in [0.3, 0.4) is 0 Å². The van der Waals surface area contributed by atoms with Crippen molar-refractivity contribution in [3.63, 3.8) is 0 Å². The maximum atomic E-state index is 5.67. The fourth-order valence-corrected chi connectivity index (χ4v) is 0.831. The van der Waals surface area contributed by atoms with Crippen LogP contribution in [0.4, 0.5) is 0 Å². The first kappa shape index (κ1) is 6.90. The summed E-state index contributed by atoms with van der Waals surface area (Å²) in [5, 5.41) is 3.92. The average molecular weight is 165 g/mol. The molecule has 0 aromatic heterocycles. The van der Waals surface area contributed by atoms with Gasteiger partial charge in [0.1, 0.15) is 0 Å². The minimum absolute atomic E-state index is 0.0941.